The molecule has 0 unspecified atom stereocenters. The molecule has 148 valence electrons. The van der Waals surface area contributed by atoms with Crippen molar-refractivity contribution in [1.29, 1.82) is 0 Å². The highest BCUT2D eigenvalue weighted by Gasteiger charge is 2.19. The van der Waals surface area contributed by atoms with E-state index in [-0.39, 0.29) is 5.91 Å². The largest absolute Gasteiger partial charge is 0.348 e. The second kappa shape index (κ2) is 7.44. The van der Waals surface area contributed by atoms with Gasteiger partial charge in [-0.3, -0.25) is 9.78 Å². The molecule has 5 rings (SSSR count). The number of aromatic nitrogens is 4. The molecule has 7 nitrogen and oxygen atoms in total. The Labute approximate surface area is 173 Å². The number of pyridine rings is 1. The van der Waals surface area contributed by atoms with Gasteiger partial charge in [0, 0.05) is 41.7 Å². The first kappa shape index (κ1) is 18.1. The molecule has 30 heavy (non-hydrogen) atoms. The van der Waals surface area contributed by atoms with Crippen molar-refractivity contribution in [2.24, 2.45) is 0 Å². The lowest BCUT2D eigenvalue weighted by molar-refractivity contribution is 0.0966. The normalized spacial score (nSPS) is 12.5. The minimum absolute atomic E-state index is 0.0234. The van der Waals surface area contributed by atoms with E-state index in [4.69, 9.17) is 4.98 Å². The van der Waals surface area contributed by atoms with E-state index in [1.165, 1.54) is 0 Å². The van der Waals surface area contributed by atoms with Crippen molar-refractivity contribution in [1.82, 2.24) is 25.1 Å². The Morgan fingerprint density at radius 3 is 2.67 bits per heavy atom. The molecule has 0 radical (unpaired) electrons. The van der Waals surface area contributed by atoms with Crippen molar-refractivity contribution in [3.05, 3.63) is 78.0 Å². The molecule has 0 saturated heterocycles. The number of nitrogens with zero attached hydrogens (tertiary/aromatic N) is 4. The summed E-state index contributed by atoms with van der Waals surface area (Å²) in [5, 5.41) is 10.8. The van der Waals surface area contributed by atoms with E-state index >= 15 is 0 Å². The molecule has 0 atom stereocenters. The number of amides is 1. The maximum atomic E-state index is 11.7. The number of carbonyl (C=O) groups excluding carboxylic acids is 1. The van der Waals surface area contributed by atoms with Gasteiger partial charge in [-0.25, -0.2) is 4.68 Å². The highest BCUT2D eigenvalue weighted by Crippen LogP contribution is 2.26. The lowest BCUT2D eigenvalue weighted by Gasteiger charge is -2.07. The predicted molar refractivity (Wildman–Crippen MR) is 115 cm³/mol. The van der Waals surface area contributed by atoms with E-state index in [1.54, 1.807) is 6.20 Å². The molecule has 1 amide bonds. The Hall–Kier alpha value is -4.00. The van der Waals surface area contributed by atoms with Gasteiger partial charge >= 0.3 is 0 Å². The summed E-state index contributed by atoms with van der Waals surface area (Å²) < 4.78 is 1.83. The zero-order valence-corrected chi connectivity index (χ0v) is 16.5. The lowest BCUT2D eigenvalue weighted by Crippen LogP contribution is -2.12. The van der Waals surface area contributed by atoms with E-state index in [2.05, 4.69) is 20.7 Å². The number of anilines is 2. The third-order valence-corrected chi connectivity index (χ3v) is 5.12. The van der Waals surface area contributed by atoms with E-state index in [0.29, 0.717) is 24.9 Å². The number of hydrogen-bond donors (Lipinski definition) is 2. The molecule has 0 fully saturated rings. The van der Waals surface area contributed by atoms with Gasteiger partial charge in [-0.15, -0.1) is 5.10 Å². The van der Waals surface area contributed by atoms with Gasteiger partial charge in [0.15, 0.2) is 5.82 Å². The first-order chi connectivity index (χ1) is 14.7. The highest BCUT2D eigenvalue weighted by molar-refractivity contribution is 5.98. The molecule has 0 aliphatic carbocycles. The van der Waals surface area contributed by atoms with Gasteiger partial charge in [0.2, 0.25) is 5.95 Å². The van der Waals surface area contributed by atoms with Crippen LogP contribution in [-0.2, 0) is 13.1 Å². The standard InChI is InChI=1S/C23H20N6O/c1-2-29-23(26-18-10-11-19-17(13-18)14-25-22(19)30)27-21(28-29)16-8-6-15(7-9-16)20-5-3-4-12-24-20/h3-13H,2,14H2,1H3,(H,25,30)(H,26,27,28). The summed E-state index contributed by atoms with van der Waals surface area (Å²) in [6.45, 7) is 3.27. The molecule has 0 spiro atoms. The van der Waals surface area contributed by atoms with Gasteiger partial charge in [0.25, 0.3) is 5.91 Å². The molecular formula is C23H20N6O. The fourth-order valence-electron chi connectivity index (χ4n) is 3.54. The van der Waals surface area contributed by atoms with E-state index in [1.807, 2.05) is 72.3 Å². The third-order valence-electron chi connectivity index (χ3n) is 5.12. The number of carbonyl (C=O) groups is 1. The second-order valence-corrected chi connectivity index (χ2v) is 7.05. The van der Waals surface area contributed by atoms with Crippen molar-refractivity contribution in [2.45, 2.75) is 20.0 Å². The van der Waals surface area contributed by atoms with Crippen molar-refractivity contribution >= 4 is 17.5 Å². The monoisotopic (exact) mass is 396 g/mol. The summed E-state index contributed by atoms with van der Waals surface area (Å²) >= 11 is 0. The van der Waals surface area contributed by atoms with Crippen molar-refractivity contribution in [3.63, 3.8) is 0 Å². The van der Waals surface area contributed by atoms with Crippen LogP contribution in [0.25, 0.3) is 22.6 Å². The van der Waals surface area contributed by atoms with Crippen LogP contribution in [0.2, 0.25) is 0 Å². The molecule has 1 aliphatic heterocycles. The van der Waals surface area contributed by atoms with Crippen molar-refractivity contribution in [2.75, 3.05) is 5.32 Å². The van der Waals surface area contributed by atoms with Gasteiger partial charge < -0.3 is 10.6 Å². The van der Waals surface area contributed by atoms with Gasteiger partial charge in [0.1, 0.15) is 0 Å². The Morgan fingerprint density at radius 2 is 1.90 bits per heavy atom. The molecule has 1 aliphatic rings. The molecule has 0 bridgehead atoms. The first-order valence-corrected chi connectivity index (χ1v) is 9.86. The lowest BCUT2D eigenvalue weighted by atomic mass is 10.1. The number of aryl methyl sites for hydroxylation is 1. The maximum absolute atomic E-state index is 11.7. The summed E-state index contributed by atoms with van der Waals surface area (Å²) in [4.78, 5) is 20.8. The first-order valence-electron chi connectivity index (χ1n) is 9.86. The smallest absolute Gasteiger partial charge is 0.251 e. The predicted octanol–water partition coefficient (Wildman–Crippen LogP) is 4.01. The van der Waals surface area contributed by atoms with Crippen LogP contribution in [0.3, 0.4) is 0 Å². The van der Waals surface area contributed by atoms with Gasteiger partial charge in [0.05, 0.1) is 5.69 Å². The Morgan fingerprint density at radius 1 is 1.07 bits per heavy atom. The number of hydrogen-bond acceptors (Lipinski definition) is 5. The van der Waals surface area contributed by atoms with Crippen LogP contribution in [0.15, 0.2) is 66.9 Å². The molecule has 3 heterocycles. The molecule has 2 aromatic carbocycles. The van der Waals surface area contributed by atoms with Crippen LogP contribution >= 0.6 is 0 Å². The zero-order valence-electron chi connectivity index (χ0n) is 16.5. The van der Waals surface area contributed by atoms with Crippen LogP contribution in [0.5, 0.6) is 0 Å². The zero-order chi connectivity index (χ0) is 20.5. The van der Waals surface area contributed by atoms with Crippen LogP contribution in [0.4, 0.5) is 11.6 Å². The number of rotatable bonds is 5. The van der Waals surface area contributed by atoms with Crippen LogP contribution in [0, 0.1) is 0 Å². The molecule has 4 aromatic rings. The highest BCUT2D eigenvalue weighted by atomic mass is 16.1. The topological polar surface area (TPSA) is 84.7 Å². The van der Waals surface area contributed by atoms with Crippen LogP contribution < -0.4 is 10.6 Å². The molecule has 2 N–H and O–H groups in total. The van der Waals surface area contributed by atoms with Crippen molar-refractivity contribution in [3.8, 4) is 22.6 Å². The molecular weight excluding hydrogens is 376 g/mol. The van der Waals surface area contributed by atoms with E-state index in [0.717, 1.165) is 33.6 Å². The number of nitrogens with one attached hydrogen (secondary N) is 2. The second-order valence-electron chi connectivity index (χ2n) is 7.05. The van der Waals surface area contributed by atoms with Gasteiger partial charge in [-0.05, 0) is 42.8 Å². The summed E-state index contributed by atoms with van der Waals surface area (Å²) in [6.07, 6.45) is 1.79. The molecule has 0 saturated carbocycles. The third kappa shape index (κ3) is 3.30. The van der Waals surface area contributed by atoms with Crippen LogP contribution in [0.1, 0.15) is 22.8 Å². The van der Waals surface area contributed by atoms with E-state index < -0.39 is 0 Å². The van der Waals surface area contributed by atoms with Crippen molar-refractivity contribution < 1.29 is 4.79 Å². The SMILES string of the molecule is CCn1nc(-c2ccc(-c3ccccn3)cc2)nc1Nc1ccc2c(c1)CNC2=O. The Balaban J connectivity index is 1.41. The fourth-order valence-corrected chi connectivity index (χ4v) is 3.54. The molecule has 7 heteroatoms. The van der Waals surface area contributed by atoms with Gasteiger partial charge in [-0.2, -0.15) is 4.98 Å². The number of fused-ring (bicyclic) bond motifs is 1. The minimum Gasteiger partial charge on any atom is -0.348 e. The van der Waals surface area contributed by atoms with Gasteiger partial charge in [-0.1, -0.05) is 30.3 Å². The maximum Gasteiger partial charge on any atom is 0.251 e. The number of benzene rings is 2. The average Bonchev–Trinajstić information content (AvgIpc) is 3.37. The van der Waals surface area contributed by atoms with Crippen LogP contribution in [-0.4, -0.2) is 25.7 Å². The Kier molecular flexibility index (Phi) is 4.48. The quantitative estimate of drug-likeness (QED) is 0.532. The van der Waals surface area contributed by atoms with E-state index in [9.17, 15) is 4.79 Å². The summed E-state index contributed by atoms with van der Waals surface area (Å²) in [5.41, 5.74) is 5.51. The summed E-state index contributed by atoms with van der Waals surface area (Å²) in [7, 11) is 0. The molecule has 2 aromatic heterocycles. The minimum atomic E-state index is -0.0234. The Bertz CT molecular complexity index is 1210. The average molecular weight is 396 g/mol. The fraction of sp³-hybridized carbons (Fsp3) is 0.130. The summed E-state index contributed by atoms with van der Waals surface area (Å²) in [6, 6.07) is 19.6. The summed E-state index contributed by atoms with van der Waals surface area (Å²) in [5.74, 6) is 1.30.